The van der Waals surface area contributed by atoms with Crippen LogP contribution in [0.2, 0.25) is 0 Å². The van der Waals surface area contributed by atoms with Crippen LogP contribution in [0.15, 0.2) is 52.2 Å². The highest BCUT2D eigenvalue weighted by Gasteiger charge is 2.34. The fourth-order valence-corrected chi connectivity index (χ4v) is 4.48. The van der Waals surface area contributed by atoms with Crippen molar-refractivity contribution in [3.05, 3.63) is 65.5 Å². The molecule has 0 saturated carbocycles. The first-order valence-electron chi connectivity index (χ1n) is 11.6. The average molecular weight is 521 g/mol. The largest absolute Gasteiger partial charge is 0.455 e. The second kappa shape index (κ2) is 11.7. The molecule has 36 heavy (non-hydrogen) atoms. The Morgan fingerprint density at radius 1 is 1.14 bits per heavy atom. The number of furan rings is 1. The summed E-state index contributed by atoms with van der Waals surface area (Å²) in [5.74, 6) is 0.653. The minimum absolute atomic E-state index is 0.00973. The Hall–Kier alpha value is -3.12. The van der Waals surface area contributed by atoms with Gasteiger partial charge in [0.1, 0.15) is 11.6 Å². The van der Waals surface area contributed by atoms with Gasteiger partial charge in [-0.1, -0.05) is 24.8 Å². The van der Waals surface area contributed by atoms with Crippen molar-refractivity contribution in [2.24, 2.45) is 0 Å². The first kappa shape index (κ1) is 26.0. The fourth-order valence-electron chi connectivity index (χ4n) is 3.73. The summed E-state index contributed by atoms with van der Waals surface area (Å²) in [7, 11) is 0. The number of carbonyl (C=O) groups is 1. The molecule has 1 amide bonds. The summed E-state index contributed by atoms with van der Waals surface area (Å²) >= 11 is 1.03. The highest BCUT2D eigenvalue weighted by molar-refractivity contribution is 7.98. The second-order valence-electron chi connectivity index (χ2n) is 8.19. The third-order valence-corrected chi connectivity index (χ3v) is 6.62. The summed E-state index contributed by atoms with van der Waals surface area (Å²) in [6, 6.07) is 9.75. The van der Waals surface area contributed by atoms with E-state index in [2.05, 4.69) is 32.1 Å². The number of anilines is 1. The number of hydrogen-bond acceptors (Lipinski definition) is 8. The van der Waals surface area contributed by atoms with Crippen molar-refractivity contribution in [3.63, 3.8) is 0 Å². The molecule has 12 heteroatoms. The highest BCUT2D eigenvalue weighted by atomic mass is 32.2. The van der Waals surface area contributed by atoms with E-state index in [9.17, 15) is 18.0 Å². The lowest BCUT2D eigenvalue weighted by Gasteiger charge is -2.35. The molecule has 3 aromatic heterocycles. The Balaban J connectivity index is 1.37. The third-order valence-electron chi connectivity index (χ3n) is 5.75. The van der Waals surface area contributed by atoms with Gasteiger partial charge in [-0.15, -0.1) is 0 Å². The Labute approximate surface area is 211 Å². The SMILES string of the molecule is CCN1CCN(c2cc(C(F)(F)F)nc(SCc3ccc(C(=O)NCCc4ccccn4)o3)n2)CC1. The Kier molecular flexibility index (Phi) is 8.47. The summed E-state index contributed by atoms with van der Waals surface area (Å²) in [6.45, 7) is 6.09. The van der Waals surface area contributed by atoms with E-state index in [-0.39, 0.29) is 28.4 Å². The second-order valence-corrected chi connectivity index (χ2v) is 9.14. The molecule has 3 aromatic rings. The van der Waals surface area contributed by atoms with E-state index in [1.54, 1.807) is 12.3 Å². The van der Waals surface area contributed by atoms with Gasteiger partial charge < -0.3 is 19.5 Å². The van der Waals surface area contributed by atoms with Crippen LogP contribution < -0.4 is 10.2 Å². The molecule has 8 nitrogen and oxygen atoms in total. The van der Waals surface area contributed by atoms with Crippen molar-refractivity contribution >= 4 is 23.5 Å². The molecular formula is C24H27F3N6O2S. The van der Waals surface area contributed by atoms with E-state index >= 15 is 0 Å². The summed E-state index contributed by atoms with van der Waals surface area (Å²) in [6.07, 6.45) is -2.31. The van der Waals surface area contributed by atoms with E-state index in [0.717, 1.165) is 43.2 Å². The van der Waals surface area contributed by atoms with Gasteiger partial charge in [-0.25, -0.2) is 9.97 Å². The quantitative estimate of drug-likeness (QED) is 0.336. The van der Waals surface area contributed by atoms with E-state index in [1.807, 2.05) is 23.1 Å². The van der Waals surface area contributed by atoms with Gasteiger partial charge in [0.05, 0.1) is 5.75 Å². The molecular weight excluding hydrogens is 493 g/mol. The number of thioether (sulfide) groups is 1. The van der Waals surface area contributed by atoms with Gasteiger partial charge in [-0.05, 0) is 30.8 Å². The van der Waals surface area contributed by atoms with Gasteiger partial charge in [0.2, 0.25) is 0 Å². The lowest BCUT2D eigenvalue weighted by atomic mass is 10.2. The topological polar surface area (TPSA) is 87.4 Å². The van der Waals surface area contributed by atoms with Crippen molar-refractivity contribution < 1.29 is 22.4 Å². The summed E-state index contributed by atoms with van der Waals surface area (Å²) in [5, 5.41) is 2.78. The van der Waals surface area contributed by atoms with Crippen LogP contribution in [0.1, 0.15) is 34.6 Å². The Morgan fingerprint density at radius 2 is 1.94 bits per heavy atom. The number of likely N-dealkylation sites (N-methyl/N-ethyl adjacent to an activating group) is 1. The normalized spacial score (nSPS) is 14.7. The molecule has 0 atom stereocenters. The number of pyridine rings is 1. The summed E-state index contributed by atoms with van der Waals surface area (Å²) < 4.78 is 46.1. The first-order chi connectivity index (χ1) is 17.3. The van der Waals surface area contributed by atoms with Crippen molar-refractivity contribution in [2.75, 3.05) is 44.2 Å². The van der Waals surface area contributed by atoms with Gasteiger partial charge in [0.25, 0.3) is 5.91 Å². The van der Waals surface area contributed by atoms with Crippen LogP contribution in [-0.2, 0) is 18.3 Å². The van der Waals surface area contributed by atoms with Crippen LogP contribution in [0, 0.1) is 0 Å². The Morgan fingerprint density at radius 3 is 2.64 bits per heavy atom. The number of piperazine rings is 1. The summed E-state index contributed by atoms with van der Waals surface area (Å²) in [5.41, 5.74) is -0.109. The number of nitrogens with zero attached hydrogens (tertiary/aromatic N) is 5. The molecule has 1 saturated heterocycles. The first-order valence-corrected chi connectivity index (χ1v) is 12.6. The third kappa shape index (κ3) is 6.97. The van der Waals surface area contributed by atoms with Crippen LogP contribution in [-0.4, -0.2) is 65.0 Å². The molecule has 0 aliphatic carbocycles. The maximum Gasteiger partial charge on any atom is 0.433 e. The number of nitrogens with one attached hydrogen (secondary N) is 1. The molecule has 0 unspecified atom stereocenters. The number of rotatable bonds is 9. The number of hydrogen-bond donors (Lipinski definition) is 1. The predicted octanol–water partition coefficient (Wildman–Crippen LogP) is 3.89. The molecule has 192 valence electrons. The van der Waals surface area contributed by atoms with E-state index < -0.39 is 11.9 Å². The zero-order chi connectivity index (χ0) is 25.5. The average Bonchev–Trinajstić information content (AvgIpc) is 3.37. The van der Waals surface area contributed by atoms with Gasteiger partial charge in [-0.3, -0.25) is 9.78 Å². The minimum Gasteiger partial charge on any atom is -0.455 e. The van der Waals surface area contributed by atoms with Crippen LogP contribution >= 0.6 is 11.8 Å². The lowest BCUT2D eigenvalue weighted by molar-refractivity contribution is -0.141. The van der Waals surface area contributed by atoms with Crippen molar-refractivity contribution in [2.45, 2.75) is 30.4 Å². The molecule has 4 heterocycles. The van der Waals surface area contributed by atoms with Crippen LogP contribution in [0.25, 0.3) is 0 Å². The van der Waals surface area contributed by atoms with Crippen molar-refractivity contribution in [3.8, 4) is 0 Å². The number of halogens is 3. The number of amides is 1. The van der Waals surface area contributed by atoms with Crippen LogP contribution in [0.4, 0.5) is 19.0 Å². The molecule has 1 aliphatic heterocycles. The smallest absolute Gasteiger partial charge is 0.433 e. The standard InChI is InChI=1S/C24H27F3N6O2S/c1-2-32-11-13-33(14-12-32)21-15-20(24(25,26)27)30-23(31-21)36-16-18-6-7-19(35-18)22(34)29-10-8-17-5-3-4-9-28-17/h3-7,9,15H,2,8,10-14,16H2,1H3,(H,29,34). The maximum atomic E-state index is 13.5. The Bertz CT molecular complexity index is 1150. The molecule has 1 aliphatic rings. The minimum atomic E-state index is -4.58. The van der Waals surface area contributed by atoms with Crippen LogP contribution in [0.3, 0.4) is 0 Å². The van der Waals surface area contributed by atoms with Crippen LogP contribution in [0.5, 0.6) is 0 Å². The fraction of sp³-hybridized carbons (Fsp3) is 0.417. The molecule has 1 fully saturated rings. The van der Waals surface area contributed by atoms with E-state index in [1.165, 1.54) is 6.07 Å². The predicted molar refractivity (Wildman–Crippen MR) is 130 cm³/mol. The monoisotopic (exact) mass is 520 g/mol. The van der Waals surface area contributed by atoms with E-state index in [4.69, 9.17) is 4.42 Å². The van der Waals surface area contributed by atoms with Crippen molar-refractivity contribution in [1.82, 2.24) is 25.2 Å². The summed E-state index contributed by atoms with van der Waals surface area (Å²) in [4.78, 5) is 28.7. The molecule has 0 radical (unpaired) electrons. The number of alkyl halides is 3. The van der Waals surface area contributed by atoms with Gasteiger partial charge in [0, 0.05) is 57.1 Å². The zero-order valence-electron chi connectivity index (χ0n) is 19.8. The molecule has 1 N–H and O–H groups in total. The molecule has 0 aromatic carbocycles. The van der Waals surface area contributed by atoms with Gasteiger partial charge >= 0.3 is 6.18 Å². The molecule has 0 spiro atoms. The van der Waals surface area contributed by atoms with Gasteiger partial charge in [-0.2, -0.15) is 13.2 Å². The number of carbonyl (C=O) groups excluding carboxylic acids is 1. The lowest BCUT2D eigenvalue weighted by Crippen LogP contribution is -2.46. The van der Waals surface area contributed by atoms with Gasteiger partial charge in [0.15, 0.2) is 16.6 Å². The van der Waals surface area contributed by atoms with Crippen molar-refractivity contribution in [1.29, 1.82) is 0 Å². The zero-order valence-corrected chi connectivity index (χ0v) is 20.6. The maximum absolute atomic E-state index is 13.5. The molecule has 0 bridgehead atoms. The number of aromatic nitrogens is 3. The molecule has 4 rings (SSSR count). The highest BCUT2D eigenvalue weighted by Crippen LogP contribution is 2.32. The van der Waals surface area contributed by atoms with E-state index in [0.29, 0.717) is 31.8 Å².